The van der Waals surface area contributed by atoms with E-state index in [4.69, 9.17) is 4.74 Å². The Kier molecular flexibility index (Phi) is 3.03. The molecule has 1 unspecified atom stereocenters. The Morgan fingerprint density at radius 1 is 1.58 bits per heavy atom. The largest absolute Gasteiger partial charge is 0.480 e. The van der Waals surface area contributed by atoms with Crippen LogP contribution < -0.4 is 4.90 Å². The zero-order chi connectivity index (χ0) is 13.4. The van der Waals surface area contributed by atoms with Gasteiger partial charge < -0.3 is 14.7 Å². The number of nitrogens with zero attached hydrogens (tertiary/aromatic N) is 4. The highest BCUT2D eigenvalue weighted by Gasteiger charge is 2.32. The van der Waals surface area contributed by atoms with Crippen molar-refractivity contribution in [1.29, 1.82) is 0 Å². The summed E-state index contributed by atoms with van der Waals surface area (Å²) in [5.41, 5.74) is 0.825. The van der Waals surface area contributed by atoms with Gasteiger partial charge in [0, 0.05) is 6.54 Å². The van der Waals surface area contributed by atoms with Gasteiger partial charge in [-0.15, -0.1) is 0 Å². The first-order valence-corrected chi connectivity index (χ1v) is 6.60. The van der Waals surface area contributed by atoms with Gasteiger partial charge in [-0.2, -0.15) is 4.37 Å². The van der Waals surface area contributed by atoms with Crippen LogP contribution in [0, 0.1) is 6.92 Å². The zero-order valence-electron chi connectivity index (χ0n) is 10.2. The molecule has 0 aliphatic carbocycles. The summed E-state index contributed by atoms with van der Waals surface area (Å²) in [5.74, 6) is -0.278. The molecular formula is C11H12N4O3S. The normalized spacial score (nSPS) is 19.8. The lowest BCUT2D eigenvalue weighted by Crippen LogP contribution is -2.50. The molecule has 3 heterocycles. The van der Waals surface area contributed by atoms with E-state index < -0.39 is 12.0 Å². The minimum atomic E-state index is -0.910. The maximum Gasteiger partial charge on any atom is 0.328 e. The SMILES string of the molecule is Cc1nsc2ncnc(N3CCOCC3C(=O)O)c12. The molecule has 2 aromatic rings. The molecule has 100 valence electrons. The summed E-state index contributed by atoms with van der Waals surface area (Å²) in [4.78, 5) is 22.3. The lowest BCUT2D eigenvalue weighted by Gasteiger charge is -2.33. The van der Waals surface area contributed by atoms with Crippen molar-refractivity contribution in [3.63, 3.8) is 0 Å². The minimum Gasteiger partial charge on any atom is -0.480 e. The summed E-state index contributed by atoms with van der Waals surface area (Å²) in [6.07, 6.45) is 1.45. The molecule has 1 aliphatic heterocycles. The number of hydrogen-bond acceptors (Lipinski definition) is 7. The summed E-state index contributed by atoms with van der Waals surface area (Å²) in [5, 5.41) is 10.1. The fourth-order valence-electron chi connectivity index (χ4n) is 2.18. The second-order valence-electron chi connectivity index (χ2n) is 4.27. The summed E-state index contributed by atoms with van der Waals surface area (Å²) >= 11 is 1.30. The van der Waals surface area contributed by atoms with E-state index in [1.165, 1.54) is 17.9 Å². The Labute approximate surface area is 113 Å². The number of ether oxygens (including phenoxy) is 1. The summed E-state index contributed by atoms with van der Waals surface area (Å²) in [6.45, 7) is 3.03. The molecule has 0 spiro atoms. The van der Waals surface area contributed by atoms with E-state index in [2.05, 4.69) is 14.3 Å². The fraction of sp³-hybridized carbons (Fsp3) is 0.455. The Morgan fingerprint density at radius 2 is 2.42 bits per heavy atom. The summed E-state index contributed by atoms with van der Waals surface area (Å²) in [7, 11) is 0. The Morgan fingerprint density at radius 3 is 3.21 bits per heavy atom. The number of carboxylic acid groups (broad SMARTS) is 1. The minimum absolute atomic E-state index is 0.164. The van der Waals surface area contributed by atoms with Crippen LogP contribution in [0.2, 0.25) is 0 Å². The van der Waals surface area contributed by atoms with Crippen LogP contribution in [0.3, 0.4) is 0 Å². The smallest absolute Gasteiger partial charge is 0.328 e. The fourth-order valence-corrected chi connectivity index (χ4v) is 2.92. The highest BCUT2D eigenvalue weighted by Crippen LogP contribution is 2.30. The highest BCUT2D eigenvalue weighted by atomic mass is 32.1. The van der Waals surface area contributed by atoms with Gasteiger partial charge in [-0.3, -0.25) is 0 Å². The van der Waals surface area contributed by atoms with E-state index in [1.807, 2.05) is 6.92 Å². The van der Waals surface area contributed by atoms with Crippen LogP contribution in [0.15, 0.2) is 6.33 Å². The van der Waals surface area contributed by atoms with Crippen LogP contribution in [0.4, 0.5) is 5.82 Å². The van der Waals surface area contributed by atoms with Crippen molar-refractivity contribution in [1.82, 2.24) is 14.3 Å². The molecule has 7 nitrogen and oxygen atoms in total. The predicted octanol–water partition coefficient (Wildman–Crippen LogP) is 0.685. The van der Waals surface area contributed by atoms with Crippen LogP contribution in [0.5, 0.6) is 0 Å². The number of fused-ring (bicyclic) bond motifs is 1. The molecule has 2 aromatic heterocycles. The Bertz CT molecular complexity index is 629. The maximum atomic E-state index is 11.3. The molecule has 0 saturated carbocycles. The van der Waals surface area contributed by atoms with E-state index in [9.17, 15) is 9.90 Å². The first kappa shape index (κ1) is 12.2. The van der Waals surface area contributed by atoms with Crippen LogP contribution in [0.25, 0.3) is 10.2 Å². The number of anilines is 1. The van der Waals surface area contributed by atoms with Gasteiger partial charge in [0.15, 0.2) is 6.04 Å². The number of carbonyl (C=O) groups is 1. The average Bonchev–Trinajstić information content (AvgIpc) is 2.81. The lowest BCUT2D eigenvalue weighted by atomic mass is 10.2. The van der Waals surface area contributed by atoms with Crippen molar-refractivity contribution in [2.24, 2.45) is 0 Å². The zero-order valence-corrected chi connectivity index (χ0v) is 11.1. The van der Waals surface area contributed by atoms with E-state index >= 15 is 0 Å². The molecule has 8 heteroatoms. The quantitative estimate of drug-likeness (QED) is 0.865. The number of hydrogen-bond donors (Lipinski definition) is 1. The topological polar surface area (TPSA) is 88.4 Å². The van der Waals surface area contributed by atoms with Gasteiger partial charge in [0.1, 0.15) is 17.0 Å². The van der Waals surface area contributed by atoms with Crippen LogP contribution in [0.1, 0.15) is 5.69 Å². The number of rotatable bonds is 2. The second kappa shape index (κ2) is 4.71. The molecule has 0 aromatic carbocycles. The Balaban J connectivity index is 2.11. The van der Waals surface area contributed by atoms with Gasteiger partial charge in [0.2, 0.25) is 0 Å². The summed E-state index contributed by atoms with van der Waals surface area (Å²) < 4.78 is 9.49. The predicted molar refractivity (Wildman–Crippen MR) is 69.5 cm³/mol. The number of carboxylic acids is 1. The third-order valence-electron chi connectivity index (χ3n) is 3.11. The van der Waals surface area contributed by atoms with Crippen molar-refractivity contribution >= 4 is 33.5 Å². The molecule has 0 bridgehead atoms. The standard InChI is InChI=1S/C11H12N4O3S/c1-6-8-9(12-5-13-10(8)19-14-6)15-2-3-18-4-7(15)11(16)17/h5,7H,2-4H2,1H3,(H,16,17). The monoisotopic (exact) mass is 280 g/mol. The molecule has 3 rings (SSSR count). The van der Waals surface area contributed by atoms with Crippen LogP contribution >= 0.6 is 11.5 Å². The first-order chi connectivity index (χ1) is 9.18. The summed E-state index contributed by atoms with van der Waals surface area (Å²) in [6, 6.07) is -0.717. The molecular weight excluding hydrogens is 268 g/mol. The molecule has 0 radical (unpaired) electrons. The average molecular weight is 280 g/mol. The third kappa shape index (κ3) is 2.02. The molecule has 1 N–H and O–H groups in total. The molecule has 1 aliphatic rings. The van der Waals surface area contributed by atoms with E-state index in [-0.39, 0.29) is 6.61 Å². The third-order valence-corrected chi connectivity index (χ3v) is 3.96. The van der Waals surface area contributed by atoms with Gasteiger partial charge >= 0.3 is 5.97 Å². The van der Waals surface area contributed by atoms with Crippen molar-refractivity contribution in [3.05, 3.63) is 12.0 Å². The van der Waals surface area contributed by atoms with E-state index in [0.717, 1.165) is 15.9 Å². The van der Waals surface area contributed by atoms with E-state index in [1.54, 1.807) is 4.90 Å². The van der Waals surface area contributed by atoms with Crippen molar-refractivity contribution in [3.8, 4) is 0 Å². The van der Waals surface area contributed by atoms with Gasteiger partial charge in [-0.1, -0.05) is 0 Å². The molecule has 19 heavy (non-hydrogen) atoms. The Hall–Kier alpha value is -1.80. The number of aliphatic carboxylic acids is 1. The van der Waals surface area contributed by atoms with E-state index in [0.29, 0.717) is 19.0 Å². The molecule has 1 atom stereocenters. The second-order valence-corrected chi connectivity index (χ2v) is 5.02. The van der Waals surface area contributed by atoms with Crippen LogP contribution in [-0.4, -0.2) is 51.2 Å². The van der Waals surface area contributed by atoms with Gasteiger partial charge in [-0.05, 0) is 18.5 Å². The number of morpholine rings is 1. The van der Waals surface area contributed by atoms with Gasteiger partial charge in [-0.25, -0.2) is 14.8 Å². The maximum absolute atomic E-state index is 11.3. The first-order valence-electron chi connectivity index (χ1n) is 5.82. The molecule has 0 amide bonds. The molecule has 1 fully saturated rings. The molecule has 1 saturated heterocycles. The van der Waals surface area contributed by atoms with Crippen LogP contribution in [-0.2, 0) is 9.53 Å². The van der Waals surface area contributed by atoms with Crippen molar-refractivity contribution in [2.75, 3.05) is 24.7 Å². The number of aromatic nitrogens is 3. The van der Waals surface area contributed by atoms with Gasteiger partial charge in [0.25, 0.3) is 0 Å². The lowest BCUT2D eigenvalue weighted by molar-refractivity contribution is -0.141. The number of aryl methyl sites for hydroxylation is 1. The highest BCUT2D eigenvalue weighted by molar-refractivity contribution is 7.13. The van der Waals surface area contributed by atoms with Gasteiger partial charge in [0.05, 0.1) is 24.3 Å². The van der Waals surface area contributed by atoms with Crippen molar-refractivity contribution in [2.45, 2.75) is 13.0 Å². The van der Waals surface area contributed by atoms with Crippen molar-refractivity contribution < 1.29 is 14.6 Å².